The third-order valence-electron chi connectivity index (χ3n) is 2.69. The molecular weight excluding hydrogens is 216 g/mol. The van der Waals surface area contributed by atoms with Crippen LogP contribution in [0.5, 0.6) is 0 Å². The standard InChI is InChI=1S/C13H14N2O2/c1-10-8-13(17)15(14-9-10)12-5-3-2-4-11(12)6-7-16/h2-5,7,9-10H,6,8H2,1H3. The highest BCUT2D eigenvalue weighted by molar-refractivity contribution is 5.98. The average Bonchev–Trinajstić information content (AvgIpc) is 2.31. The van der Waals surface area contributed by atoms with E-state index in [0.29, 0.717) is 18.5 Å². The lowest BCUT2D eigenvalue weighted by atomic mass is 10.1. The molecule has 1 aromatic rings. The predicted molar refractivity (Wildman–Crippen MR) is 66.0 cm³/mol. The Bertz CT molecular complexity index is 468. The van der Waals surface area contributed by atoms with Crippen LogP contribution in [0.15, 0.2) is 29.4 Å². The summed E-state index contributed by atoms with van der Waals surface area (Å²) in [5.41, 5.74) is 1.52. The Kier molecular flexibility index (Phi) is 3.32. The molecule has 0 fully saturated rings. The predicted octanol–water partition coefficient (Wildman–Crippen LogP) is 1.79. The van der Waals surface area contributed by atoms with Gasteiger partial charge in [0.1, 0.15) is 6.29 Å². The fraction of sp³-hybridized carbons (Fsp3) is 0.308. The van der Waals surface area contributed by atoms with Crippen molar-refractivity contribution < 1.29 is 9.59 Å². The zero-order valence-electron chi connectivity index (χ0n) is 9.67. The van der Waals surface area contributed by atoms with Gasteiger partial charge in [-0.2, -0.15) is 5.10 Å². The molecule has 0 N–H and O–H groups in total. The molecule has 17 heavy (non-hydrogen) atoms. The van der Waals surface area contributed by atoms with Crippen molar-refractivity contribution in [2.45, 2.75) is 19.8 Å². The van der Waals surface area contributed by atoms with Gasteiger partial charge in [0.15, 0.2) is 0 Å². The molecule has 1 aliphatic heterocycles. The Balaban J connectivity index is 2.36. The molecule has 88 valence electrons. The van der Waals surface area contributed by atoms with E-state index >= 15 is 0 Å². The van der Waals surface area contributed by atoms with E-state index in [2.05, 4.69) is 5.10 Å². The van der Waals surface area contributed by atoms with Crippen LogP contribution in [0.25, 0.3) is 0 Å². The number of rotatable bonds is 3. The number of hydrazone groups is 1. The van der Waals surface area contributed by atoms with Crippen molar-refractivity contribution in [2.24, 2.45) is 11.0 Å². The molecular formula is C13H14N2O2. The van der Waals surface area contributed by atoms with E-state index in [1.165, 1.54) is 5.01 Å². The maximum absolute atomic E-state index is 11.9. The monoisotopic (exact) mass is 230 g/mol. The minimum absolute atomic E-state index is 0.0293. The fourth-order valence-corrected chi connectivity index (χ4v) is 1.84. The van der Waals surface area contributed by atoms with Gasteiger partial charge in [-0.05, 0) is 11.6 Å². The number of hydrogen-bond donors (Lipinski definition) is 0. The van der Waals surface area contributed by atoms with Gasteiger partial charge in [0, 0.05) is 25.0 Å². The second kappa shape index (κ2) is 4.91. The van der Waals surface area contributed by atoms with E-state index in [0.717, 1.165) is 11.8 Å². The summed E-state index contributed by atoms with van der Waals surface area (Å²) in [6.45, 7) is 1.95. The first-order chi connectivity index (χ1) is 8.22. The van der Waals surface area contributed by atoms with Crippen LogP contribution in [0.4, 0.5) is 5.69 Å². The van der Waals surface area contributed by atoms with Gasteiger partial charge in [-0.15, -0.1) is 0 Å². The Morgan fingerprint density at radius 3 is 2.94 bits per heavy atom. The highest BCUT2D eigenvalue weighted by Gasteiger charge is 2.22. The van der Waals surface area contributed by atoms with Crippen LogP contribution < -0.4 is 5.01 Å². The van der Waals surface area contributed by atoms with Crippen LogP contribution in [0.1, 0.15) is 18.9 Å². The second-order valence-electron chi connectivity index (χ2n) is 4.15. The molecule has 1 aliphatic rings. The van der Waals surface area contributed by atoms with E-state index in [1.54, 1.807) is 6.21 Å². The van der Waals surface area contributed by atoms with E-state index in [9.17, 15) is 9.59 Å². The topological polar surface area (TPSA) is 49.7 Å². The lowest BCUT2D eigenvalue weighted by Crippen LogP contribution is -2.32. The first-order valence-electron chi connectivity index (χ1n) is 5.61. The summed E-state index contributed by atoms with van der Waals surface area (Å²) < 4.78 is 0. The van der Waals surface area contributed by atoms with Gasteiger partial charge in [-0.3, -0.25) is 4.79 Å². The Labute approximate surface area is 99.9 Å². The minimum atomic E-state index is -0.0293. The fourth-order valence-electron chi connectivity index (χ4n) is 1.84. The number of aldehydes is 1. The summed E-state index contributed by atoms with van der Waals surface area (Å²) in [7, 11) is 0. The maximum Gasteiger partial charge on any atom is 0.248 e. The molecule has 0 bridgehead atoms. The van der Waals surface area contributed by atoms with Gasteiger partial charge in [-0.1, -0.05) is 25.1 Å². The van der Waals surface area contributed by atoms with Crippen molar-refractivity contribution in [2.75, 3.05) is 5.01 Å². The highest BCUT2D eigenvalue weighted by Crippen LogP contribution is 2.24. The molecule has 0 radical (unpaired) electrons. The third-order valence-corrected chi connectivity index (χ3v) is 2.69. The third kappa shape index (κ3) is 2.41. The molecule has 1 unspecified atom stereocenters. The van der Waals surface area contributed by atoms with Crippen molar-refractivity contribution in [3.8, 4) is 0 Å². The second-order valence-corrected chi connectivity index (χ2v) is 4.15. The van der Waals surface area contributed by atoms with E-state index < -0.39 is 0 Å². The van der Waals surface area contributed by atoms with Crippen LogP contribution in [0.2, 0.25) is 0 Å². The number of para-hydroxylation sites is 1. The molecule has 0 spiro atoms. The van der Waals surface area contributed by atoms with Crippen LogP contribution in [-0.4, -0.2) is 18.4 Å². The Morgan fingerprint density at radius 2 is 2.24 bits per heavy atom. The average molecular weight is 230 g/mol. The number of amides is 1. The molecule has 4 nitrogen and oxygen atoms in total. The molecule has 1 aromatic carbocycles. The summed E-state index contributed by atoms with van der Waals surface area (Å²) in [6, 6.07) is 7.34. The van der Waals surface area contributed by atoms with Gasteiger partial charge in [0.2, 0.25) is 5.91 Å². The normalized spacial score (nSPS) is 19.5. The molecule has 0 saturated heterocycles. The summed E-state index contributed by atoms with van der Waals surface area (Å²) >= 11 is 0. The van der Waals surface area contributed by atoms with Crippen LogP contribution in [-0.2, 0) is 16.0 Å². The van der Waals surface area contributed by atoms with Crippen molar-refractivity contribution in [3.05, 3.63) is 29.8 Å². The van der Waals surface area contributed by atoms with Crippen molar-refractivity contribution >= 4 is 24.1 Å². The first kappa shape index (κ1) is 11.5. The highest BCUT2D eigenvalue weighted by atomic mass is 16.2. The van der Waals surface area contributed by atoms with Crippen molar-refractivity contribution in [1.82, 2.24) is 0 Å². The minimum Gasteiger partial charge on any atom is -0.303 e. The zero-order chi connectivity index (χ0) is 12.3. The molecule has 0 aromatic heterocycles. The molecule has 1 atom stereocenters. The van der Waals surface area contributed by atoms with Crippen LogP contribution >= 0.6 is 0 Å². The van der Waals surface area contributed by atoms with Gasteiger partial charge in [0.05, 0.1) is 5.69 Å². The zero-order valence-corrected chi connectivity index (χ0v) is 9.67. The number of benzene rings is 1. The molecule has 0 aliphatic carbocycles. The first-order valence-corrected chi connectivity index (χ1v) is 5.61. The number of hydrogen-bond acceptors (Lipinski definition) is 3. The molecule has 2 rings (SSSR count). The molecule has 1 heterocycles. The summed E-state index contributed by atoms with van der Waals surface area (Å²) in [4.78, 5) is 22.5. The largest absolute Gasteiger partial charge is 0.303 e. The number of anilines is 1. The number of carbonyl (C=O) groups excluding carboxylic acids is 2. The lowest BCUT2D eigenvalue weighted by molar-refractivity contribution is -0.119. The number of carbonyl (C=O) groups is 2. The maximum atomic E-state index is 11.9. The van der Waals surface area contributed by atoms with Crippen molar-refractivity contribution in [1.29, 1.82) is 0 Å². The SMILES string of the molecule is CC1C=NN(c2ccccc2CC=O)C(=O)C1. The van der Waals surface area contributed by atoms with E-state index in [-0.39, 0.29) is 11.8 Å². The molecule has 1 amide bonds. The van der Waals surface area contributed by atoms with Gasteiger partial charge >= 0.3 is 0 Å². The molecule has 4 heteroatoms. The quantitative estimate of drug-likeness (QED) is 0.743. The molecule has 0 saturated carbocycles. The van der Waals surface area contributed by atoms with Crippen LogP contribution in [0.3, 0.4) is 0 Å². The summed E-state index contributed by atoms with van der Waals surface area (Å²) in [6.07, 6.45) is 3.35. The van der Waals surface area contributed by atoms with E-state index in [4.69, 9.17) is 0 Å². The Hall–Kier alpha value is -1.97. The van der Waals surface area contributed by atoms with Crippen molar-refractivity contribution in [3.63, 3.8) is 0 Å². The Morgan fingerprint density at radius 1 is 1.47 bits per heavy atom. The number of nitrogens with zero attached hydrogens (tertiary/aromatic N) is 2. The smallest absolute Gasteiger partial charge is 0.248 e. The summed E-state index contributed by atoms with van der Waals surface area (Å²) in [5, 5.41) is 5.54. The van der Waals surface area contributed by atoms with Gasteiger partial charge < -0.3 is 4.79 Å². The van der Waals surface area contributed by atoms with E-state index in [1.807, 2.05) is 31.2 Å². The van der Waals surface area contributed by atoms with Gasteiger partial charge in [0.25, 0.3) is 0 Å². The summed E-state index contributed by atoms with van der Waals surface area (Å²) in [5.74, 6) is 0.148. The van der Waals surface area contributed by atoms with Gasteiger partial charge in [-0.25, -0.2) is 5.01 Å². The van der Waals surface area contributed by atoms with Crippen LogP contribution in [0, 0.1) is 5.92 Å². The lowest BCUT2D eigenvalue weighted by Gasteiger charge is -2.24.